The van der Waals surface area contributed by atoms with Gasteiger partial charge in [-0.15, -0.1) is 0 Å². The molecule has 0 spiro atoms. The van der Waals surface area contributed by atoms with Crippen LogP contribution in [0.2, 0.25) is 0 Å². The van der Waals surface area contributed by atoms with Crippen molar-refractivity contribution in [2.24, 2.45) is 0 Å². The van der Waals surface area contributed by atoms with Crippen molar-refractivity contribution in [2.45, 2.75) is 18.9 Å². The minimum absolute atomic E-state index is 0.557. The van der Waals surface area contributed by atoms with Crippen molar-refractivity contribution in [2.75, 3.05) is 39.8 Å². The van der Waals surface area contributed by atoms with E-state index in [2.05, 4.69) is 41.1 Å². The summed E-state index contributed by atoms with van der Waals surface area (Å²) in [6, 6.07) is 9.09. The first kappa shape index (κ1) is 12.0. The largest absolute Gasteiger partial charge is 0.493 e. The summed E-state index contributed by atoms with van der Waals surface area (Å²) in [5.41, 5.74) is 1.38. The number of hydrogen-bond donors (Lipinski definition) is 0. The molecule has 1 saturated heterocycles. The smallest absolute Gasteiger partial charge is 0.124 e. The number of nitrogens with zero attached hydrogens (tertiary/aromatic N) is 2. The van der Waals surface area contributed by atoms with Crippen LogP contribution in [-0.4, -0.2) is 49.6 Å². The van der Waals surface area contributed by atoms with Crippen molar-refractivity contribution in [3.8, 4) is 5.75 Å². The lowest BCUT2D eigenvalue weighted by molar-refractivity contribution is 0.144. The van der Waals surface area contributed by atoms with Crippen LogP contribution in [0.25, 0.3) is 0 Å². The zero-order valence-electron chi connectivity index (χ0n) is 11.1. The number of benzene rings is 1. The van der Waals surface area contributed by atoms with Gasteiger partial charge in [-0.25, -0.2) is 0 Å². The normalized spacial score (nSPS) is 26.2. The molecular formula is C15H22N2O. The van der Waals surface area contributed by atoms with Gasteiger partial charge in [0.15, 0.2) is 0 Å². The van der Waals surface area contributed by atoms with Gasteiger partial charge in [0.1, 0.15) is 5.75 Å². The lowest BCUT2D eigenvalue weighted by Gasteiger charge is -2.35. The van der Waals surface area contributed by atoms with E-state index >= 15 is 0 Å². The molecule has 0 radical (unpaired) electrons. The third-order valence-corrected chi connectivity index (χ3v) is 4.12. The van der Waals surface area contributed by atoms with Gasteiger partial charge in [-0.2, -0.15) is 0 Å². The third-order valence-electron chi connectivity index (χ3n) is 4.12. The van der Waals surface area contributed by atoms with Gasteiger partial charge in [0.05, 0.1) is 6.61 Å². The van der Waals surface area contributed by atoms with Crippen molar-refractivity contribution in [1.82, 2.24) is 9.80 Å². The predicted octanol–water partition coefficient (Wildman–Crippen LogP) is 2.15. The molecule has 1 aromatic carbocycles. The van der Waals surface area contributed by atoms with Crippen LogP contribution in [0.5, 0.6) is 5.75 Å². The number of ether oxygens (including phenoxy) is 1. The maximum atomic E-state index is 5.76. The molecule has 0 aliphatic carbocycles. The van der Waals surface area contributed by atoms with E-state index in [-0.39, 0.29) is 0 Å². The first-order valence-electron chi connectivity index (χ1n) is 6.99. The highest BCUT2D eigenvalue weighted by molar-refractivity contribution is 5.37. The highest BCUT2D eigenvalue weighted by Crippen LogP contribution is 2.35. The number of fused-ring (bicyclic) bond motifs is 1. The summed E-state index contributed by atoms with van der Waals surface area (Å²) < 4.78 is 5.76. The Morgan fingerprint density at radius 3 is 2.94 bits per heavy atom. The Labute approximate surface area is 109 Å². The molecule has 0 N–H and O–H groups in total. The molecule has 2 heterocycles. The summed E-state index contributed by atoms with van der Waals surface area (Å²) in [7, 11) is 2.22. The fourth-order valence-electron chi connectivity index (χ4n) is 3.08. The lowest BCUT2D eigenvalue weighted by Crippen LogP contribution is -2.35. The second-order valence-electron chi connectivity index (χ2n) is 5.38. The molecule has 2 aliphatic heterocycles. The molecular weight excluding hydrogens is 224 g/mol. The second-order valence-corrected chi connectivity index (χ2v) is 5.38. The maximum absolute atomic E-state index is 5.76. The Hall–Kier alpha value is -1.06. The molecule has 3 nitrogen and oxygen atoms in total. The van der Waals surface area contributed by atoms with Gasteiger partial charge in [-0.3, -0.25) is 4.90 Å². The molecule has 2 aliphatic rings. The standard InChI is InChI=1S/C15H22N2O/c1-16-8-4-9-17(11-10-16)14-7-12-18-15-6-3-2-5-13(14)15/h2-3,5-6,14H,4,7-12H2,1H3. The molecule has 0 amide bonds. The SMILES string of the molecule is CN1CCCN(C2CCOc3ccccc32)CC1. The van der Waals surface area contributed by atoms with E-state index in [4.69, 9.17) is 4.74 Å². The van der Waals surface area contributed by atoms with E-state index in [0.29, 0.717) is 6.04 Å². The minimum atomic E-state index is 0.557. The molecule has 0 bridgehead atoms. The van der Waals surface area contributed by atoms with Crippen molar-refractivity contribution in [1.29, 1.82) is 0 Å². The number of likely N-dealkylation sites (N-methyl/N-ethyl adjacent to an activating group) is 1. The molecule has 98 valence electrons. The molecule has 3 heteroatoms. The summed E-state index contributed by atoms with van der Waals surface area (Å²) in [6.45, 7) is 5.65. The Morgan fingerprint density at radius 2 is 2.00 bits per heavy atom. The molecule has 0 aromatic heterocycles. The van der Waals surface area contributed by atoms with Crippen LogP contribution in [0.4, 0.5) is 0 Å². The zero-order valence-corrected chi connectivity index (χ0v) is 11.1. The molecule has 1 unspecified atom stereocenters. The molecule has 1 aromatic rings. The predicted molar refractivity (Wildman–Crippen MR) is 73.0 cm³/mol. The highest BCUT2D eigenvalue weighted by Gasteiger charge is 2.27. The Balaban J connectivity index is 1.80. The average Bonchev–Trinajstić information content (AvgIpc) is 2.63. The van der Waals surface area contributed by atoms with Crippen molar-refractivity contribution >= 4 is 0 Å². The van der Waals surface area contributed by atoms with Gasteiger partial charge in [0, 0.05) is 37.7 Å². The zero-order chi connectivity index (χ0) is 12.4. The van der Waals surface area contributed by atoms with Crippen LogP contribution < -0.4 is 4.74 Å². The maximum Gasteiger partial charge on any atom is 0.124 e. The third kappa shape index (κ3) is 2.38. The lowest BCUT2D eigenvalue weighted by atomic mass is 9.99. The van der Waals surface area contributed by atoms with Crippen molar-refractivity contribution in [3.63, 3.8) is 0 Å². The van der Waals surface area contributed by atoms with Gasteiger partial charge in [0.2, 0.25) is 0 Å². The van der Waals surface area contributed by atoms with E-state index in [0.717, 1.165) is 18.8 Å². The van der Waals surface area contributed by atoms with Gasteiger partial charge >= 0.3 is 0 Å². The first-order chi connectivity index (χ1) is 8.84. The van der Waals surface area contributed by atoms with Gasteiger partial charge in [-0.1, -0.05) is 18.2 Å². The van der Waals surface area contributed by atoms with Crippen LogP contribution in [0.3, 0.4) is 0 Å². The monoisotopic (exact) mass is 246 g/mol. The number of hydrogen-bond acceptors (Lipinski definition) is 3. The average molecular weight is 246 g/mol. The Bertz CT molecular complexity index is 407. The summed E-state index contributed by atoms with van der Waals surface area (Å²) >= 11 is 0. The van der Waals surface area contributed by atoms with Gasteiger partial charge < -0.3 is 9.64 Å². The van der Waals surface area contributed by atoms with E-state index in [9.17, 15) is 0 Å². The van der Waals surface area contributed by atoms with Gasteiger partial charge in [0.25, 0.3) is 0 Å². The van der Waals surface area contributed by atoms with Crippen LogP contribution >= 0.6 is 0 Å². The van der Waals surface area contributed by atoms with Crippen LogP contribution in [0.1, 0.15) is 24.4 Å². The fraction of sp³-hybridized carbons (Fsp3) is 0.600. The van der Waals surface area contributed by atoms with Crippen LogP contribution in [0, 0.1) is 0 Å². The summed E-state index contributed by atoms with van der Waals surface area (Å²) in [6.07, 6.45) is 2.40. The fourth-order valence-corrected chi connectivity index (χ4v) is 3.08. The highest BCUT2D eigenvalue weighted by atomic mass is 16.5. The summed E-state index contributed by atoms with van der Waals surface area (Å²) in [5.74, 6) is 1.09. The molecule has 1 fully saturated rings. The molecule has 0 saturated carbocycles. The van der Waals surface area contributed by atoms with E-state index in [1.54, 1.807) is 0 Å². The second kappa shape index (κ2) is 5.29. The van der Waals surface area contributed by atoms with E-state index in [1.807, 2.05) is 0 Å². The number of rotatable bonds is 1. The minimum Gasteiger partial charge on any atom is -0.493 e. The Kier molecular flexibility index (Phi) is 3.52. The topological polar surface area (TPSA) is 15.7 Å². The van der Waals surface area contributed by atoms with Crippen molar-refractivity contribution in [3.05, 3.63) is 29.8 Å². The first-order valence-corrected chi connectivity index (χ1v) is 6.99. The van der Waals surface area contributed by atoms with Crippen molar-refractivity contribution < 1.29 is 4.74 Å². The molecule has 18 heavy (non-hydrogen) atoms. The van der Waals surface area contributed by atoms with Gasteiger partial charge in [-0.05, 0) is 26.1 Å². The van der Waals surface area contributed by atoms with Crippen LogP contribution in [0.15, 0.2) is 24.3 Å². The molecule has 3 rings (SSSR count). The summed E-state index contributed by atoms with van der Waals surface area (Å²) in [5, 5.41) is 0. The summed E-state index contributed by atoms with van der Waals surface area (Å²) in [4.78, 5) is 5.08. The van der Waals surface area contributed by atoms with E-state index in [1.165, 1.54) is 38.2 Å². The van der Waals surface area contributed by atoms with Crippen LogP contribution in [-0.2, 0) is 0 Å². The quantitative estimate of drug-likeness (QED) is 0.755. The Morgan fingerprint density at radius 1 is 1.11 bits per heavy atom. The molecule has 1 atom stereocenters. The van der Waals surface area contributed by atoms with E-state index < -0.39 is 0 Å². The number of para-hydroxylation sites is 1.